The summed E-state index contributed by atoms with van der Waals surface area (Å²) in [6.07, 6.45) is 1.59. The van der Waals surface area contributed by atoms with Gasteiger partial charge < -0.3 is 5.32 Å². The number of amides is 1. The van der Waals surface area contributed by atoms with Crippen LogP contribution in [-0.4, -0.2) is 11.7 Å². The van der Waals surface area contributed by atoms with E-state index in [9.17, 15) is 9.59 Å². The van der Waals surface area contributed by atoms with Crippen molar-refractivity contribution in [2.45, 2.75) is 6.92 Å². The molecule has 0 aliphatic heterocycles. The summed E-state index contributed by atoms with van der Waals surface area (Å²) in [5.74, 6) is -0.678. The SMILES string of the molecule is CC(=O)/C(=C\c1ccc(Br)cc1)C(=O)Nc1ccccc1. The van der Waals surface area contributed by atoms with Gasteiger partial charge in [0.15, 0.2) is 5.78 Å². The normalized spacial score (nSPS) is 11.0. The van der Waals surface area contributed by atoms with Gasteiger partial charge in [-0.15, -0.1) is 0 Å². The molecule has 0 aliphatic carbocycles. The molecule has 0 atom stereocenters. The highest BCUT2D eigenvalue weighted by Crippen LogP contribution is 2.15. The minimum Gasteiger partial charge on any atom is -0.322 e. The van der Waals surface area contributed by atoms with Crippen LogP contribution in [0.4, 0.5) is 5.69 Å². The highest BCUT2D eigenvalue weighted by atomic mass is 79.9. The standard InChI is InChI=1S/C17H14BrNO2/c1-12(20)16(11-13-7-9-14(18)10-8-13)17(21)19-15-5-3-2-4-6-15/h2-11H,1H3,(H,19,21)/b16-11+. The maximum atomic E-state index is 12.2. The first kappa shape index (κ1) is 15.2. The Labute approximate surface area is 131 Å². The van der Waals surface area contributed by atoms with E-state index in [4.69, 9.17) is 0 Å². The minimum absolute atomic E-state index is 0.126. The Morgan fingerprint density at radius 2 is 1.62 bits per heavy atom. The lowest BCUT2D eigenvalue weighted by molar-refractivity contribution is -0.118. The smallest absolute Gasteiger partial charge is 0.259 e. The van der Waals surface area contributed by atoms with Crippen LogP contribution >= 0.6 is 15.9 Å². The number of anilines is 1. The second-order valence-corrected chi connectivity index (χ2v) is 5.40. The zero-order chi connectivity index (χ0) is 15.2. The molecule has 0 spiro atoms. The summed E-state index contributed by atoms with van der Waals surface area (Å²) in [4.78, 5) is 23.9. The molecule has 2 aromatic carbocycles. The summed E-state index contributed by atoms with van der Waals surface area (Å²) in [5, 5.41) is 2.72. The molecular formula is C17H14BrNO2. The lowest BCUT2D eigenvalue weighted by Crippen LogP contribution is -2.18. The molecule has 0 unspecified atom stereocenters. The first-order valence-corrected chi connectivity index (χ1v) is 7.20. The number of Topliss-reactive ketones (excluding diaryl/α,β-unsaturated/α-hetero) is 1. The molecule has 106 valence electrons. The number of carbonyl (C=O) groups excluding carboxylic acids is 2. The lowest BCUT2D eigenvalue weighted by Gasteiger charge is -2.06. The van der Waals surface area contributed by atoms with Crippen molar-refractivity contribution in [3.8, 4) is 0 Å². The Kier molecular flexibility index (Phi) is 5.06. The van der Waals surface area contributed by atoms with Crippen LogP contribution in [0.1, 0.15) is 12.5 Å². The second-order valence-electron chi connectivity index (χ2n) is 4.49. The van der Waals surface area contributed by atoms with E-state index in [1.807, 2.05) is 42.5 Å². The largest absolute Gasteiger partial charge is 0.322 e. The van der Waals surface area contributed by atoms with E-state index in [0.29, 0.717) is 5.69 Å². The highest BCUT2D eigenvalue weighted by Gasteiger charge is 2.14. The molecule has 0 saturated carbocycles. The number of rotatable bonds is 4. The van der Waals surface area contributed by atoms with Gasteiger partial charge in [0.2, 0.25) is 0 Å². The van der Waals surface area contributed by atoms with Crippen molar-refractivity contribution in [3.05, 3.63) is 70.2 Å². The summed E-state index contributed by atoms with van der Waals surface area (Å²) in [6, 6.07) is 16.4. The summed E-state index contributed by atoms with van der Waals surface area (Å²) >= 11 is 3.35. The van der Waals surface area contributed by atoms with Crippen LogP contribution in [0.25, 0.3) is 6.08 Å². The van der Waals surface area contributed by atoms with Crippen molar-refractivity contribution in [1.29, 1.82) is 0 Å². The van der Waals surface area contributed by atoms with Crippen LogP contribution in [0.5, 0.6) is 0 Å². The zero-order valence-corrected chi connectivity index (χ0v) is 13.1. The van der Waals surface area contributed by atoms with Crippen molar-refractivity contribution in [3.63, 3.8) is 0 Å². The summed E-state index contributed by atoms with van der Waals surface area (Å²) in [5.41, 5.74) is 1.58. The highest BCUT2D eigenvalue weighted by molar-refractivity contribution is 9.10. The number of carbonyl (C=O) groups is 2. The fraction of sp³-hybridized carbons (Fsp3) is 0.0588. The molecule has 1 N–H and O–H groups in total. The van der Waals surface area contributed by atoms with Gasteiger partial charge in [0.1, 0.15) is 0 Å². The van der Waals surface area contributed by atoms with Gasteiger partial charge in [0.05, 0.1) is 5.57 Å². The predicted octanol–water partition coefficient (Wildman–Crippen LogP) is 4.06. The van der Waals surface area contributed by atoms with E-state index in [-0.39, 0.29) is 11.4 Å². The van der Waals surface area contributed by atoms with Gasteiger partial charge in [-0.1, -0.05) is 46.3 Å². The lowest BCUT2D eigenvalue weighted by atomic mass is 10.1. The van der Waals surface area contributed by atoms with E-state index in [1.54, 1.807) is 18.2 Å². The first-order valence-electron chi connectivity index (χ1n) is 6.41. The van der Waals surface area contributed by atoms with Crippen LogP contribution in [0.3, 0.4) is 0 Å². The fourth-order valence-electron chi connectivity index (χ4n) is 1.77. The van der Waals surface area contributed by atoms with Gasteiger partial charge in [-0.3, -0.25) is 9.59 Å². The molecule has 0 aromatic heterocycles. The number of halogens is 1. The molecule has 0 radical (unpaired) electrons. The number of ketones is 1. The predicted molar refractivity (Wildman–Crippen MR) is 87.9 cm³/mol. The van der Waals surface area contributed by atoms with Crippen molar-refractivity contribution in [2.75, 3.05) is 5.32 Å². The first-order chi connectivity index (χ1) is 10.1. The van der Waals surface area contributed by atoms with Crippen molar-refractivity contribution >= 4 is 39.4 Å². The number of hydrogen-bond donors (Lipinski definition) is 1. The molecule has 2 rings (SSSR count). The number of hydrogen-bond acceptors (Lipinski definition) is 2. The maximum absolute atomic E-state index is 12.2. The molecule has 0 fully saturated rings. The fourth-order valence-corrected chi connectivity index (χ4v) is 2.04. The van der Waals surface area contributed by atoms with Gasteiger partial charge in [-0.05, 0) is 42.8 Å². The van der Waals surface area contributed by atoms with E-state index in [0.717, 1.165) is 10.0 Å². The summed E-state index contributed by atoms with van der Waals surface area (Å²) in [6.45, 7) is 1.38. The van der Waals surface area contributed by atoms with E-state index in [2.05, 4.69) is 21.2 Å². The quantitative estimate of drug-likeness (QED) is 0.517. The average molecular weight is 344 g/mol. The Balaban J connectivity index is 2.24. The maximum Gasteiger partial charge on any atom is 0.259 e. The van der Waals surface area contributed by atoms with Crippen molar-refractivity contribution in [2.24, 2.45) is 0 Å². The summed E-state index contributed by atoms with van der Waals surface area (Å²) < 4.78 is 0.942. The van der Waals surface area contributed by atoms with Gasteiger partial charge >= 0.3 is 0 Å². The van der Waals surface area contributed by atoms with Crippen LogP contribution in [0.15, 0.2) is 64.6 Å². The Morgan fingerprint density at radius 1 is 1.00 bits per heavy atom. The molecule has 2 aromatic rings. The molecule has 3 nitrogen and oxygen atoms in total. The molecule has 1 amide bonds. The van der Waals surface area contributed by atoms with Crippen molar-refractivity contribution < 1.29 is 9.59 Å². The molecule has 0 aliphatic rings. The van der Waals surface area contributed by atoms with Gasteiger partial charge in [0.25, 0.3) is 5.91 Å². The molecule has 0 bridgehead atoms. The third-order valence-electron chi connectivity index (χ3n) is 2.84. The third kappa shape index (κ3) is 4.39. The average Bonchev–Trinajstić information content (AvgIpc) is 2.47. The molecular weight excluding hydrogens is 330 g/mol. The Bertz CT molecular complexity index is 676. The van der Waals surface area contributed by atoms with Crippen LogP contribution in [0, 0.1) is 0 Å². The summed E-state index contributed by atoms with van der Waals surface area (Å²) in [7, 11) is 0. The third-order valence-corrected chi connectivity index (χ3v) is 3.37. The Hall–Kier alpha value is -2.20. The van der Waals surface area contributed by atoms with Crippen LogP contribution < -0.4 is 5.32 Å². The topological polar surface area (TPSA) is 46.2 Å². The zero-order valence-electron chi connectivity index (χ0n) is 11.5. The van der Waals surface area contributed by atoms with Crippen LogP contribution in [-0.2, 0) is 9.59 Å². The van der Waals surface area contributed by atoms with Gasteiger partial charge in [0, 0.05) is 10.2 Å². The molecule has 0 heterocycles. The van der Waals surface area contributed by atoms with Gasteiger partial charge in [-0.25, -0.2) is 0 Å². The van der Waals surface area contributed by atoms with E-state index < -0.39 is 5.91 Å². The number of nitrogens with one attached hydrogen (secondary N) is 1. The number of para-hydroxylation sites is 1. The molecule has 4 heteroatoms. The van der Waals surface area contributed by atoms with Gasteiger partial charge in [-0.2, -0.15) is 0 Å². The molecule has 21 heavy (non-hydrogen) atoms. The van der Waals surface area contributed by atoms with E-state index >= 15 is 0 Å². The van der Waals surface area contributed by atoms with Crippen LogP contribution in [0.2, 0.25) is 0 Å². The van der Waals surface area contributed by atoms with Crippen molar-refractivity contribution in [1.82, 2.24) is 0 Å². The van der Waals surface area contributed by atoms with E-state index in [1.165, 1.54) is 6.92 Å². The Morgan fingerprint density at radius 3 is 2.19 bits per heavy atom. The minimum atomic E-state index is -0.406. The second kappa shape index (κ2) is 6.99. The molecule has 0 saturated heterocycles. The number of benzene rings is 2. The monoisotopic (exact) mass is 343 g/mol.